The highest BCUT2D eigenvalue weighted by Crippen LogP contribution is 2.35. The molecule has 6 heteroatoms. The van der Waals surface area contributed by atoms with E-state index < -0.39 is 5.66 Å². The predicted octanol–water partition coefficient (Wildman–Crippen LogP) is 3.87. The van der Waals surface area contributed by atoms with E-state index in [-0.39, 0.29) is 17.9 Å². The third-order valence-corrected chi connectivity index (χ3v) is 7.18. The van der Waals surface area contributed by atoms with Gasteiger partial charge in [0.1, 0.15) is 5.75 Å². The van der Waals surface area contributed by atoms with Crippen LogP contribution in [-0.4, -0.2) is 53.5 Å². The highest BCUT2D eigenvalue weighted by Gasteiger charge is 2.51. The van der Waals surface area contributed by atoms with Crippen molar-refractivity contribution in [1.82, 2.24) is 15.1 Å². The van der Waals surface area contributed by atoms with Crippen molar-refractivity contribution in [2.75, 3.05) is 20.2 Å². The summed E-state index contributed by atoms with van der Waals surface area (Å²) in [5, 5.41) is 3.71. The number of nitrogens with zero attached hydrogens (tertiary/aromatic N) is 2. The molecule has 1 N–H and O–H groups in total. The van der Waals surface area contributed by atoms with Gasteiger partial charge < -0.3 is 14.5 Å². The Morgan fingerprint density at radius 2 is 1.60 bits per heavy atom. The molecule has 3 aromatic rings. The quantitative estimate of drug-likeness (QED) is 0.595. The lowest BCUT2D eigenvalue weighted by Gasteiger charge is -2.44. The second-order valence-corrected chi connectivity index (χ2v) is 9.35. The maximum Gasteiger partial charge on any atom is 0.253 e. The number of rotatable bonds is 6. The van der Waals surface area contributed by atoms with Crippen LogP contribution in [0.1, 0.15) is 34.3 Å². The third-order valence-electron chi connectivity index (χ3n) is 7.18. The minimum absolute atomic E-state index is 0.00137. The lowest BCUT2D eigenvalue weighted by atomic mass is 9.94. The molecule has 1 spiro atoms. The number of ether oxygens (including phenoxy) is 1. The van der Waals surface area contributed by atoms with E-state index in [2.05, 4.69) is 29.6 Å². The Morgan fingerprint density at radius 3 is 2.26 bits per heavy atom. The molecule has 180 valence electrons. The van der Waals surface area contributed by atoms with E-state index in [9.17, 15) is 9.59 Å². The highest BCUT2D eigenvalue weighted by atomic mass is 16.5. The molecule has 3 aromatic carbocycles. The van der Waals surface area contributed by atoms with Gasteiger partial charge in [-0.1, -0.05) is 66.7 Å². The molecular formula is C29H31N3O3. The van der Waals surface area contributed by atoms with Crippen LogP contribution >= 0.6 is 0 Å². The number of piperidine rings is 1. The molecule has 0 radical (unpaired) electrons. The zero-order valence-electron chi connectivity index (χ0n) is 20.0. The van der Waals surface area contributed by atoms with Crippen LogP contribution in [0.25, 0.3) is 0 Å². The minimum Gasteiger partial charge on any atom is -0.497 e. The van der Waals surface area contributed by atoms with E-state index in [4.69, 9.17) is 4.74 Å². The van der Waals surface area contributed by atoms with E-state index in [0.717, 1.165) is 11.1 Å². The maximum absolute atomic E-state index is 13.7. The summed E-state index contributed by atoms with van der Waals surface area (Å²) in [6.45, 7) is 1.72. The van der Waals surface area contributed by atoms with Crippen LogP contribution in [0.15, 0.2) is 84.9 Å². The number of amides is 2. The number of carbonyl (C=O) groups excluding carboxylic acids is 2. The summed E-state index contributed by atoms with van der Waals surface area (Å²) in [6.07, 6.45) is 2.03. The molecule has 0 aromatic heterocycles. The molecule has 2 saturated heterocycles. The largest absolute Gasteiger partial charge is 0.497 e. The number of hydrogen-bond acceptors (Lipinski definition) is 4. The number of nitrogens with one attached hydrogen (secondary N) is 1. The normalized spacial score (nSPS) is 19.2. The van der Waals surface area contributed by atoms with Crippen molar-refractivity contribution in [1.29, 1.82) is 0 Å². The fourth-order valence-corrected chi connectivity index (χ4v) is 5.28. The van der Waals surface area contributed by atoms with E-state index in [1.807, 2.05) is 64.4 Å². The number of carbonyl (C=O) groups is 2. The Hall–Kier alpha value is -3.64. The van der Waals surface area contributed by atoms with E-state index in [1.165, 1.54) is 0 Å². The van der Waals surface area contributed by atoms with Crippen LogP contribution in [0.4, 0.5) is 0 Å². The molecule has 6 nitrogen and oxygen atoms in total. The number of likely N-dealkylation sites (tertiary alicyclic amines) is 1. The fraction of sp³-hybridized carbons (Fsp3) is 0.310. The standard InChI is InChI=1S/C29H31N3O3/c1-35-25-14-8-13-24(20-25)27(33)31-17-15-29(16-18-31)30-26(19-22-9-4-2-5-10-22)28(34)32(29)21-23-11-6-3-7-12-23/h2-14,20,26,30H,15-19,21H2,1H3. The number of methoxy groups -OCH3 is 1. The van der Waals surface area contributed by atoms with Crippen LogP contribution in [0.3, 0.4) is 0 Å². The second-order valence-electron chi connectivity index (χ2n) is 9.35. The van der Waals surface area contributed by atoms with Gasteiger partial charge in [0.05, 0.1) is 18.8 Å². The minimum atomic E-state index is -0.461. The molecular weight excluding hydrogens is 438 g/mol. The Kier molecular flexibility index (Phi) is 6.55. The second kappa shape index (κ2) is 9.92. The van der Waals surface area contributed by atoms with E-state index in [0.29, 0.717) is 50.2 Å². The lowest BCUT2D eigenvalue weighted by molar-refractivity contribution is -0.134. The van der Waals surface area contributed by atoms with Gasteiger partial charge in [0, 0.05) is 38.0 Å². The smallest absolute Gasteiger partial charge is 0.253 e. The van der Waals surface area contributed by atoms with Gasteiger partial charge in [0.2, 0.25) is 5.91 Å². The Labute approximate surface area is 206 Å². The molecule has 2 aliphatic rings. The summed E-state index contributed by atoms with van der Waals surface area (Å²) >= 11 is 0. The van der Waals surface area contributed by atoms with Crippen LogP contribution < -0.4 is 10.1 Å². The van der Waals surface area contributed by atoms with Gasteiger partial charge in [-0.15, -0.1) is 0 Å². The van der Waals surface area contributed by atoms with Crippen molar-refractivity contribution < 1.29 is 14.3 Å². The van der Waals surface area contributed by atoms with Crippen molar-refractivity contribution in [2.45, 2.75) is 37.5 Å². The summed E-state index contributed by atoms with van der Waals surface area (Å²) < 4.78 is 5.29. The maximum atomic E-state index is 13.7. The fourth-order valence-electron chi connectivity index (χ4n) is 5.28. The molecule has 35 heavy (non-hydrogen) atoms. The first-order valence-corrected chi connectivity index (χ1v) is 12.2. The van der Waals surface area contributed by atoms with Gasteiger partial charge in [-0.3, -0.25) is 14.9 Å². The zero-order chi connectivity index (χ0) is 24.3. The van der Waals surface area contributed by atoms with Crippen LogP contribution in [0.5, 0.6) is 5.75 Å². The first kappa shape index (κ1) is 23.1. The molecule has 2 fully saturated rings. The van der Waals surface area contributed by atoms with Crippen LogP contribution in [-0.2, 0) is 17.8 Å². The monoisotopic (exact) mass is 469 g/mol. The molecule has 2 heterocycles. The van der Waals surface area contributed by atoms with Crippen molar-refractivity contribution in [3.05, 3.63) is 102 Å². The molecule has 1 atom stereocenters. The molecule has 2 amide bonds. The van der Waals surface area contributed by atoms with Gasteiger partial charge in [-0.05, 0) is 35.7 Å². The summed E-state index contributed by atoms with van der Waals surface area (Å²) in [6, 6.07) is 27.3. The average Bonchev–Trinajstić information content (AvgIpc) is 3.15. The molecule has 0 aliphatic carbocycles. The van der Waals surface area contributed by atoms with Crippen molar-refractivity contribution >= 4 is 11.8 Å². The van der Waals surface area contributed by atoms with Crippen LogP contribution in [0.2, 0.25) is 0 Å². The zero-order valence-corrected chi connectivity index (χ0v) is 20.0. The van der Waals surface area contributed by atoms with Gasteiger partial charge in [-0.2, -0.15) is 0 Å². The average molecular weight is 470 g/mol. The molecule has 1 unspecified atom stereocenters. The first-order chi connectivity index (χ1) is 17.1. The van der Waals surface area contributed by atoms with Crippen molar-refractivity contribution in [3.8, 4) is 5.75 Å². The molecule has 0 saturated carbocycles. The molecule has 5 rings (SSSR count). The summed E-state index contributed by atoms with van der Waals surface area (Å²) in [5.41, 5.74) is 2.41. The lowest BCUT2D eigenvalue weighted by Crippen LogP contribution is -2.59. The number of hydrogen-bond donors (Lipinski definition) is 1. The first-order valence-electron chi connectivity index (χ1n) is 12.2. The van der Waals surface area contributed by atoms with E-state index in [1.54, 1.807) is 13.2 Å². The number of benzene rings is 3. The van der Waals surface area contributed by atoms with Crippen LogP contribution in [0, 0.1) is 0 Å². The topological polar surface area (TPSA) is 61.9 Å². The Balaban J connectivity index is 1.35. The Morgan fingerprint density at radius 1 is 0.943 bits per heavy atom. The SMILES string of the molecule is COc1cccc(C(=O)N2CCC3(CC2)NC(Cc2ccccc2)C(=O)N3Cc2ccccc2)c1. The van der Waals surface area contributed by atoms with Gasteiger partial charge >= 0.3 is 0 Å². The molecule has 2 aliphatic heterocycles. The summed E-state index contributed by atoms with van der Waals surface area (Å²) in [7, 11) is 1.60. The van der Waals surface area contributed by atoms with Crippen molar-refractivity contribution in [2.24, 2.45) is 0 Å². The van der Waals surface area contributed by atoms with Crippen molar-refractivity contribution in [3.63, 3.8) is 0 Å². The summed E-state index contributed by atoms with van der Waals surface area (Å²) in [4.78, 5) is 30.8. The van der Waals surface area contributed by atoms with E-state index >= 15 is 0 Å². The van der Waals surface area contributed by atoms with Gasteiger partial charge in [0.15, 0.2) is 0 Å². The van der Waals surface area contributed by atoms with Gasteiger partial charge in [0.25, 0.3) is 5.91 Å². The Bertz CT molecular complexity index is 1170. The summed E-state index contributed by atoms with van der Waals surface area (Å²) in [5.74, 6) is 0.800. The third kappa shape index (κ3) is 4.80. The highest BCUT2D eigenvalue weighted by molar-refractivity contribution is 5.94. The predicted molar refractivity (Wildman–Crippen MR) is 135 cm³/mol. The molecule has 0 bridgehead atoms. The van der Waals surface area contributed by atoms with Gasteiger partial charge in [-0.25, -0.2) is 0 Å².